The smallest absolute Gasteiger partial charge is 0.407 e. The molecule has 4 N–H and O–H groups in total. The number of methoxy groups -OCH3 is 1. The molecule has 0 radical (unpaired) electrons. The minimum atomic E-state index is -0.878. The average molecular weight is 634 g/mol. The third-order valence-corrected chi connectivity index (χ3v) is 9.05. The molecule has 10 nitrogen and oxygen atoms in total. The van der Waals surface area contributed by atoms with Gasteiger partial charge in [0.1, 0.15) is 23.5 Å². The quantitative estimate of drug-likeness (QED) is 0.155. The van der Waals surface area contributed by atoms with Crippen molar-refractivity contribution in [2.45, 2.75) is 43.8 Å². The van der Waals surface area contributed by atoms with Gasteiger partial charge in [-0.15, -0.1) is 0 Å². The highest BCUT2D eigenvalue weighted by Crippen LogP contribution is 2.35. The van der Waals surface area contributed by atoms with E-state index in [1.165, 1.54) is 7.11 Å². The number of ether oxygens (including phenoxy) is 1. The number of nitrogens with one attached hydrogen (secondary N) is 4. The van der Waals surface area contributed by atoms with Crippen LogP contribution < -0.4 is 10.6 Å². The number of hydrogen-bond donors (Lipinski definition) is 4. The second-order valence-electron chi connectivity index (χ2n) is 12.0. The molecule has 0 saturated carbocycles. The highest BCUT2D eigenvalue weighted by molar-refractivity contribution is 5.87. The SMILES string of the molecule is COC(=O)N[C@@H](C(=O)N1CCC[C@H]1c1ncc(-c2ccc(-c3ccc(-c4cnc([C@@H]5CCCN5)[nH]4)c(F)c3)cc2)[nH]1)c1ccccc1. The molecule has 4 heterocycles. The van der Waals surface area contributed by atoms with Crippen LogP contribution >= 0.6 is 0 Å². The van der Waals surface area contributed by atoms with E-state index in [-0.39, 0.29) is 23.8 Å². The summed E-state index contributed by atoms with van der Waals surface area (Å²) in [4.78, 5) is 43.5. The van der Waals surface area contributed by atoms with Gasteiger partial charge in [-0.05, 0) is 66.6 Å². The number of imidazole rings is 2. The lowest BCUT2D eigenvalue weighted by Crippen LogP contribution is -2.42. The molecule has 0 spiro atoms. The summed E-state index contributed by atoms with van der Waals surface area (Å²) in [5, 5.41) is 6.11. The second-order valence-corrected chi connectivity index (χ2v) is 12.0. The van der Waals surface area contributed by atoms with E-state index < -0.39 is 12.1 Å². The fourth-order valence-electron chi connectivity index (χ4n) is 6.57. The first-order valence-corrected chi connectivity index (χ1v) is 15.9. The summed E-state index contributed by atoms with van der Waals surface area (Å²) in [5.41, 5.74) is 5.22. The number of rotatable bonds is 8. The van der Waals surface area contributed by atoms with Gasteiger partial charge >= 0.3 is 6.09 Å². The maximum atomic E-state index is 15.3. The predicted octanol–water partition coefficient (Wildman–Crippen LogP) is 6.46. The van der Waals surface area contributed by atoms with Crippen molar-refractivity contribution in [1.29, 1.82) is 0 Å². The van der Waals surface area contributed by atoms with Crippen molar-refractivity contribution in [3.05, 3.63) is 108 Å². The fraction of sp³-hybridized carbons (Fsp3) is 0.278. The third-order valence-electron chi connectivity index (χ3n) is 9.05. The lowest BCUT2D eigenvalue weighted by molar-refractivity contribution is -0.134. The number of benzene rings is 3. The van der Waals surface area contributed by atoms with Crippen molar-refractivity contribution < 1.29 is 18.7 Å². The van der Waals surface area contributed by atoms with Crippen LogP contribution in [0.3, 0.4) is 0 Å². The molecule has 2 aliphatic heterocycles. The number of likely N-dealkylation sites (tertiary alicyclic amines) is 1. The Hall–Kier alpha value is -5.29. The molecule has 3 atom stereocenters. The van der Waals surface area contributed by atoms with Crippen LogP contribution in [0.1, 0.15) is 61.0 Å². The number of hydrogen-bond acceptors (Lipinski definition) is 6. The predicted molar refractivity (Wildman–Crippen MR) is 175 cm³/mol. The number of halogens is 1. The number of nitrogens with zero attached hydrogens (tertiary/aromatic N) is 3. The van der Waals surface area contributed by atoms with Crippen LogP contribution in [-0.4, -0.2) is 57.0 Å². The maximum absolute atomic E-state index is 15.3. The zero-order chi connectivity index (χ0) is 32.3. The summed E-state index contributed by atoms with van der Waals surface area (Å²) in [7, 11) is 1.28. The lowest BCUT2D eigenvalue weighted by atomic mass is 10.0. The zero-order valence-electron chi connectivity index (χ0n) is 26.0. The average Bonchev–Trinajstić information content (AvgIpc) is 3.94. The van der Waals surface area contributed by atoms with E-state index in [2.05, 4.69) is 30.6 Å². The zero-order valence-corrected chi connectivity index (χ0v) is 26.0. The summed E-state index contributed by atoms with van der Waals surface area (Å²) in [5.74, 6) is 0.996. The number of aromatic nitrogens is 4. The van der Waals surface area contributed by atoms with Gasteiger partial charge in [0.05, 0.1) is 43.0 Å². The van der Waals surface area contributed by atoms with E-state index in [1.807, 2.05) is 60.7 Å². The number of aromatic amines is 2. The highest BCUT2D eigenvalue weighted by atomic mass is 19.1. The minimum Gasteiger partial charge on any atom is -0.453 e. The van der Waals surface area contributed by atoms with Crippen molar-refractivity contribution in [3.8, 4) is 33.6 Å². The number of alkyl carbamates (subject to hydrolysis) is 1. The van der Waals surface area contributed by atoms with Crippen molar-refractivity contribution in [2.24, 2.45) is 0 Å². The van der Waals surface area contributed by atoms with E-state index >= 15 is 4.39 Å². The molecule has 5 aromatic rings. The van der Waals surface area contributed by atoms with Gasteiger partial charge in [0, 0.05) is 12.1 Å². The van der Waals surface area contributed by atoms with Gasteiger partial charge in [-0.2, -0.15) is 0 Å². The van der Waals surface area contributed by atoms with E-state index in [4.69, 9.17) is 4.74 Å². The summed E-state index contributed by atoms with van der Waals surface area (Å²) in [6.45, 7) is 1.52. The van der Waals surface area contributed by atoms with E-state index in [1.54, 1.807) is 29.4 Å². The topological polar surface area (TPSA) is 128 Å². The number of H-pyrrole nitrogens is 2. The summed E-state index contributed by atoms with van der Waals surface area (Å²) < 4.78 is 20.1. The second kappa shape index (κ2) is 13.2. The van der Waals surface area contributed by atoms with Gasteiger partial charge in [0.25, 0.3) is 5.91 Å². The summed E-state index contributed by atoms with van der Waals surface area (Å²) in [6.07, 6.45) is 6.48. The van der Waals surface area contributed by atoms with Crippen molar-refractivity contribution in [3.63, 3.8) is 0 Å². The Morgan fingerprint density at radius 3 is 2.36 bits per heavy atom. The Labute approximate surface area is 271 Å². The first-order chi connectivity index (χ1) is 23.0. The van der Waals surface area contributed by atoms with E-state index in [0.717, 1.165) is 60.4 Å². The molecule has 7 rings (SSSR count). The van der Waals surface area contributed by atoms with Crippen LogP contribution in [0, 0.1) is 5.82 Å². The Balaban J connectivity index is 1.06. The third kappa shape index (κ3) is 6.26. The minimum absolute atomic E-state index is 0.192. The lowest BCUT2D eigenvalue weighted by Gasteiger charge is -2.28. The fourth-order valence-corrected chi connectivity index (χ4v) is 6.57. The Bertz CT molecular complexity index is 1860. The van der Waals surface area contributed by atoms with Crippen LogP contribution in [-0.2, 0) is 9.53 Å². The van der Waals surface area contributed by atoms with Gasteiger partial charge in [-0.3, -0.25) is 4.79 Å². The van der Waals surface area contributed by atoms with Crippen LogP contribution in [0.4, 0.5) is 9.18 Å². The van der Waals surface area contributed by atoms with Gasteiger partial charge < -0.3 is 30.2 Å². The number of amides is 2. The van der Waals surface area contributed by atoms with Gasteiger partial charge in [-0.1, -0.05) is 60.7 Å². The van der Waals surface area contributed by atoms with E-state index in [9.17, 15) is 9.59 Å². The Morgan fingerprint density at radius 1 is 0.894 bits per heavy atom. The van der Waals surface area contributed by atoms with Crippen LogP contribution in [0.25, 0.3) is 33.6 Å². The van der Waals surface area contributed by atoms with Gasteiger partial charge in [-0.25, -0.2) is 19.2 Å². The molecule has 2 amide bonds. The summed E-state index contributed by atoms with van der Waals surface area (Å²) in [6, 6.07) is 21.3. The number of carbonyl (C=O) groups excluding carboxylic acids is 2. The molecule has 2 fully saturated rings. The molecule has 0 aliphatic carbocycles. The van der Waals surface area contributed by atoms with Crippen LogP contribution in [0.5, 0.6) is 0 Å². The van der Waals surface area contributed by atoms with Gasteiger partial charge in [0.2, 0.25) is 0 Å². The normalized spacial score (nSPS) is 18.3. The van der Waals surface area contributed by atoms with Crippen molar-refractivity contribution >= 4 is 12.0 Å². The molecule has 11 heteroatoms. The standard InChI is InChI=1S/C36H36FN7O3/c1-47-36(46)43-32(24-7-3-2-4-8-24)35(45)44-18-6-10-31(44)34-40-20-29(41-34)23-13-11-22(12-14-23)25-15-16-26(27(37)19-25)30-21-39-33(42-30)28-9-5-17-38-28/h2-4,7-8,11-16,19-21,28,31-32,38H,5-6,9-10,17-18H2,1H3,(H,39,42)(H,40,41)(H,43,46)/t28-,31-,32+/m0/s1. The molecule has 47 heavy (non-hydrogen) atoms. The van der Waals surface area contributed by atoms with Crippen molar-refractivity contribution in [1.82, 2.24) is 35.5 Å². The number of carbonyl (C=O) groups is 2. The molecular weight excluding hydrogens is 597 g/mol. The summed E-state index contributed by atoms with van der Waals surface area (Å²) >= 11 is 0. The molecule has 3 aromatic carbocycles. The van der Waals surface area contributed by atoms with Crippen LogP contribution in [0.15, 0.2) is 85.2 Å². The van der Waals surface area contributed by atoms with Crippen molar-refractivity contribution in [2.75, 3.05) is 20.2 Å². The molecule has 240 valence electrons. The molecular formula is C36H36FN7O3. The molecule has 2 aromatic heterocycles. The first kappa shape index (κ1) is 30.4. The first-order valence-electron chi connectivity index (χ1n) is 15.9. The molecule has 2 saturated heterocycles. The molecule has 0 bridgehead atoms. The van der Waals surface area contributed by atoms with E-state index in [0.29, 0.717) is 29.2 Å². The monoisotopic (exact) mass is 633 g/mol. The Morgan fingerprint density at radius 2 is 1.62 bits per heavy atom. The molecule has 2 aliphatic rings. The maximum Gasteiger partial charge on any atom is 0.407 e. The van der Waals surface area contributed by atoms with Crippen LogP contribution in [0.2, 0.25) is 0 Å². The largest absolute Gasteiger partial charge is 0.453 e. The molecule has 0 unspecified atom stereocenters. The van der Waals surface area contributed by atoms with Gasteiger partial charge in [0.15, 0.2) is 0 Å². The highest BCUT2D eigenvalue weighted by Gasteiger charge is 2.37. The Kier molecular flexibility index (Phi) is 8.54.